The van der Waals surface area contributed by atoms with Crippen LogP contribution in [-0.4, -0.2) is 25.8 Å². The minimum atomic E-state index is -0.154. The van der Waals surface area contributed by atoms with Crippen LogP contribution in [0.3, 0.4) is 0 Å². The minimum absolute atomic E-state index is 0.154. The van der Waals surface area contributed by atoms with E-state index in [1.54, 1.807) is 7.11 Å². The van der Waals surface area contributed by atoms with Crippen LogP contribution in [0.25, 0.3) is 0 Å². The second-order valence-corrected chi connectivity index (χ2v) is 3.28. The van der Waals surface area contributed by atoms with Gasteiger partial charge in [-0.2, -0.15) is 0 Å². The number of rotatable bonds is 4. The molecule has 0 aromatic carbocycles. The molecule has 0 spiro atoms. The molecule has 0 saturated carbocycles. The van der Waals surface area contributed by atoms with Crippen LogP contribution in [0.4, 0.5) is 0 Å². The van der Waals surface area contributed by atoms with Crippen molar-refractivity contribution in [1.29, 1.82) is 0 Å². The topological polar surface area (TPSA) is 21.3 Å². The van der Waals surface area contributed by atoms with Gasteiger partial charge in [-0.05, 0) is 27.8 Å². The van der Waals surface area contributed by atoms with Crippen molar-refractivity contribution in [1.82, 2.24) is 5.32 Å². The molecule has 2 heteroatoms. The monoisotopic (exact) mass is 169 g/mol. The highest BCUT2D eigenvalue weighted by atomic mass is 16.5. The van der Waals surface area contributed by atoms with E-state index >= 15 is 0 Å². The van der Waals surface area contributed by atoms with Gasteiger partial charge in [-0.15, -0.1) is 11.8 Å². The first-order valence-corrected chi connectivity index (χ1v) is 4.20. The summed E-state index contributed by atoms with van der Waals surface area (Å²) in [7, 11) is 3.66. The maximum absolute atomic E-state index is 5.36. The summed E-state index contributed by atoms with van der Waals surface area (Å²) in [5.41, 5.74) is -0.154. The molecule has 0 amide bonds. The average Bonchev–Trinajstić information content (AvgIpc) is 2.05. The molecule has 1 unspecified atom stereocenters. The lowest BCUT2D eigenvalue weighted by atomic mass is 9.96. The van der Waals surface area contributed by atoms with Crippen molar-refractivity contribution in [3.05, 3.63) is 0 Å². The number of likely N-dealkylation sites (N-methyl/N-ethyl adjacent to an activating group) is 1. The fourth-order valence-electron chi connectivity index (χ4n) is 1.04. The van der Waals surface area contributed by atoms with Gasteiger partial charge in [-0.3, -0.25) is 0 Å². The van der Waals surface area contributed by atoms with Crippen LogP contribution in [0.1, 0.15) is 27.2 Å². The summed E-state index contributed by atoms with van der Waals surface area (Å²) < 4.78 is 5.36. The van der Waals surface area contributed by atoms with E-state index in [1.807, 2.05) is 14.0 Å². The molecule has 0 aliphatic carbocycles. The summed E-state index contributed by atoms with van der Waals surface area (Å²) in [5.74, 6) is 5.93. The lowest BCUT2D eigenvalue weighted by molar-refractivity contribution is -0.00667. The van der Waals surface area contributed by atoms with Crippen molar-refractivity contribution in [3.8, 4) is 11.8 Å². The van der Waals surface area contributed by atoms with Crippen molar-refractivity contribution >= 4 is 0 Å². The van der Waals surface area contributed by atoms with E-state index in [0.29, 0.717) is 0 Å². The van der Waals surface area contributed by atoms with E-state index in [-0.39, 0.29) is 11.6 Å². The Bertz CT molecular complexity index is 176. The number of methoxy groups -OCH3 is 1. The Kier molecular flexibility index (Phi) is 4.96. The van der Waals surface area contributed by atoms with Crippen LogP contribution in [0, 0.1) is 11.8 Å². The Morgan fingerprint density at radius 3 is 2.42 bits per heavy atom. The Morgan fingerprint density at radius 1 is 1.50 bits per heavy atom. The highest BCUT2D eigenvalue weighted by Crippen LogP contribution is 2.15. The van der Waals surface area contributed by atoms with Crippen molar-refractivity contribution in [3.63, 3.8) is 0 Å². The highest BCUT2D eigenvalue weighted by Gasteiger charge is 2.26. The zero-order valence-corrected chi connectivity index (χ0v) is 8.69. The van der Waals surface area contributed by atoms with Crippen LogP contribution >= 0.6 is 0 Å². The molecule has 1 N–H and O–H groups in total. The quantitative estimate of drug-likeness (QED) is 0.642. The number of hydrogen-bond acceptors (Lipinski definition) is 2. The fourth-order valence-corrected chi connectivity index (χ4v) is 1.04. The average molecular weight is 169 g/mol. The highest BCUT2D eigenvalue weighted by molar-refractivity contribution is 5.01. The molecule has 0 rings (SSSR count). The van der Waals surface area contributed by atoms with Crippen LogP contribution in [0.5, 0.6) is 0 Å². The Hall–Kier alpha value is -0.520. The van der Waals surface area contributed by atoms with Crippen molar-refractivity contribution in [2.24, 2.45) is 0 Å². The summed E-state index contributed by atoms with van der Waals surface area (Å²) in [4.78, 5) is 0. The van der Waals surface area contributed by atoms with E-state index in [0.717, 1.165) is 6.42 Å². The first-order chi connectivity index (χ1) is 5.58. The molecule has 0 aromatic rings. The Morgan fingerprint density at radius 2 is 2.08 bits per heavy atom. The molecule has 0 aromatic heterocycles. The lowest BCUT2D eigenvalue weighted by Gasteiger charge is -2.31. The third-order valence-corrected chi connectivity index (χ3v) is 2.20. The predicted molar refractivity (Wildman–Crippen MR) is 52.0 cm³/mol. The maximum Gasteiger partial charge on any atom is 0.0784 e. The fraction of sp³-hybridized carbons (Fsp3) is 0.800. The summed E-state index contributed by atoms with van der Waals surface area (Å²) in [5, 5.41) is 3.20. The van der Waals surface area contributed by atoms with Gasteiger partial charge in [-0.1, -0.05) is 0 Å². The van der Waals surface area contributed by atoms with Gasteiger partial charge in [0.15, 0.2) is 0 Å². The second-order valence-electron chi connectivity index (χ2n) is 3.28. The van der Waals surface area contributed by atoms with Gasteiger partial charge in [0.25, 0.3) is 0 Å². The van der Waals surface area contributed by atoms with Gasteiger partial charge in [0, 0.05) is 19.6 Å². The molecule has 70 valence electrons. The summed E-state index contributed by atoms with van der Waals surface area (Å²) in [6, 6.07) is 0.287. The molecule has 0 heterocycles. The van der Waals surface area contributed by atoms with Gasteiger partial charge < -0.3 is 10.1 Å². The van der Waals surface area contributed by atoms with Gasteiger partial charge in [0.2, 0.25) is 0 Å². The lowest BCUT2D eigenvalue weighted by Crippen LogP contribution is -2.46. The number of nitrogens with one attached hydrogen (secondary N) is 1. The molecule has 0 fully saturated rings. The molecule has 12 heavy (non-hydrogen) atoms. The van der Waals surface area contributed by atoms with Crippen LogP contribution in [0.2, 0.25) is 0 Å². The largest absolute Gasteiger partial charge is 0.377 e. The first kappa shape index (κ1) is 11.5. The van der Waals surface area contributed by atoms with Crippen LogP contribution in [-0.2, 0) is 4.74 Å². The molecule has 2 nitrogen and oxygen atoms in total. The zero-order valence-electron chi connectivity index (χ0n) is 8.69. The maximum atomic E-state index is 5.36. The number of hydrogen-bond donors (Lipinski definition) is 1. The van der Waals surface area contributed by atoms with Crippen molar-refractivity contribution in [2.75, 3.05) is 14.2 Å². The molecule has 0 aliphatic heterocycles. The minimum Gasteiger partial charge on any atom is -0.377 e. The third-order valence-electron chi connectivity index (χ3n) is 2.20. The smallest absolute Gasteiger partial charge is 0.0784 e. The Labute approximate surface area is 75.7 Å². The van der Waals surface area contributed by atoms with Gasteiger partial charge in [0.05, 0.1) is 5.60 Å². The zero-order chi connectivity index (χ0) is 9.61. The van der Waals surface area contributed by atoms with E-state index in [9.17, 15) is 0 Å². The third kappa shape index (κ3) is 3.25. The molecule has 0 bridgehead atoms. The van der Waals surface area contributed by atoms with Crippen LogP contribution in [0.15, 0.2) is 0 Å². The molecule has 0 saturated heterocycles. The Balaban J connectivity index is 4.19. The van der Waals surface area contributed by atoms with Gasteiger partial charge in [0.1, 0.15) is 0 Å². The summed E-state index contributed by atoms with van der Waals surface area (Å²) in [6.45, 7) is 5.98. The van der Waals surface area contributed by atoms with E-state index in [4.69, 9.17) is 4.74 Å². The van der Waals surface area contributed by atoms with E-state index in [1.165, 1.54) is 0 Å². The van der Waals surface area contributed by atoms with Gasteiger partial charge in [-0.25, -0.2) is 0 Å². The normalized spacial score (nSPS) is 13.4. The first-order valence-electron chi connectivity index (χ1n) is 4.20. The van der Waals surface area contributed by atoms with E-state index < -0.39 is 0 Å². The number of ether oxygens (including phenoxy) is 1. The second kappa shape index (κ2) is 5.18. The predicted octanol–water partition coefficient (Wildman–Crippen LogP) is 1.41. The van der Waals surface area contributed by atoms with Crippen LogP contribution < -0.4 is 5.32 Å². The molecular weight excluding hydrogens is 150 g/mol. The van der Waals surface area contributed by atoms with Crippen molar-refractivity contribution < 1.29 is 4.74 Å². The van der Waals surface area contributed by atoms with E-state index in [2.05, 4.69) is 31.0 Å². The van der Waals surface area contributed by atoms with Crippen molar-refractivity contribution in [2.45, 2.75) is 38.8 Å². The molecular formula is C10H19NO. The standard InChI is InChI=1S/C10H19NO/c1-6-7-8-9(11-4)10(2,3)12-5/h9,11H,8H2,1-5H3. The molecule has 0 radical (unpaired) electrons. The van der Waals surface area contributed by atoms with Gasteiger partial charge >= 0.3 is 0 Å². The summed E-state index contributed by atoms with van der Waals surface area (Å²) >= 11 is 0. The SMILES string of the molecule is CC#CCC(NC)C(C)(C)OC. The molecule has 0 aliphatic rings. The molecule has 1 atom stereocenters. The summed E-state index contributed by atoms with van der Waals surface area (Å²) in [6.07, 6.45) is 0.827.